The van der Waals surface area contributed by atoms with E-state index >= 15 is 0 Å². The molecule has 0 aliphatic carbocycles. The first-order valence-corrected chi connectivity index (χ1v) is 8.32. The van der Waals surface area contributed by atoms with Crippen LogP contribution in [0, 0.1) is 0 Å². The van der Waals surface area contributed by atoms with E-state index in [4.69, 9.17) is 4.74 Å². The van der Waals surface area contributed by atoms with Gasteiger partial charge in [0.1, 0.15) is 11.9 Å². The fraction of sp³-hybridized carbons (Fsp3) is 0.400. The third-order valence-electron chi connectivity index (χ3n) is 3.93. The molecule has 0 atom stereocenters. The Bertz CT molecular complexity index is 527. The SMILES string of the molecule is CC.CN1CCC(Oc2ccc(-c3ccccc3)cc2)CC1. The number of nitrogens with zero attached hydrogens (tertiary/aromatic N) is 1. The second-order valence-corrected chi connectivity index (χ2v) is 5.51. The minimum absolute atomic E-state index is 0.369. The van der Waals surface area contributed by atoms with Crippen molar-refractivity contribution >= 4 is 0 Å². The van der Waals surface area contributed by atoms with Crippen molar-refractivity contribution in [1.82, 2.24) is 4.90 Å². The van der Waals surface area contributed by atoms with Gasteiger partial charge in [0.25, 0.3) is 0 Å². The molecule has 1 fully saturated rings. The molecule has 0 radical (unpaired) electrons. The Morgan fingerprint density at radius 1 is 0.818 bits per heavy atom. The van der Waals surface area contributed by atoms with Gasteiger partial charge in [0.15, 0.2) is 0 Å². The van der Waals surface area contributed by atoms with Crippen LogP contribution in [0.15, 0.2) is 54.6 Å². The van der Waals surface area contributed by atoms with E-state index < -0.39 is 0 Å². The monoisotopic (exact) mass is 297 g/mol. The largest absolute Gasteiger partial charge is 0.490 e. The van der Waals surface area contributed by atoms with E-state index in [1.807, 2.05) is 19.9 Å². The average molecular weight is 297 g/mol. The van der Waals surface area contributed by atoms with Gasteiger partial charge in [-0.15, -0.1) is 0 Å². The quantitative estimate of drug-likeness (QED) is 0.802. The molecular weight excluding hydrogens is 270 g/mol. The number of rotatable bonds is 3. The normalized spacial score (nSPS) is 15.8. The number of hydrogen-bond donors (Lipinski definition) is 0. The van der Waals surface area contributed by atoms with Crippen LogP contribution in [-0.2, 0) is 0 Å². The number of piperidine rings is 1. The Balaban J connectivity index is 0.000000847. The molecule has 118 valence electrons. The van der Waals surface area contributed by atoms with E-state index in [0.29, 0.717) is 6.10 Å². The van der Waals surface area contributed by atoms with Gasteiger partial charge in [-0.2, -0.15) is 0 Å². The Labute approximate surface area is 134 Å². The minimum Gasteiger partial charge on any atom is -0.490 e. The molecule has 2 aromatic carbocycles. The smallest absolute Gasteiger partial charge is 0.119 e. The summed E-state index contributed by atoms with van der Waals surface area (Å²) in [7, 11) is 2.17. The molecule has 0 bridgehead atoms. The van der Waals surface area contributed by atoms with Crippen LogP contribution < -0.4 is 4.74 Å². The van der Waals surface area contributed by atoms with E-state index in [1.54, 1.807) is 0 Å². The van der Waals surface area contributed by atoms with Gasteiger partial charge < -0.3 is 9.64 Å². The summed E-state index contributed by atoms with van der Waals surface area (Å²) in [6.07, 6.45) is 2.61. The van der Waals surface area contributed by atoms with Gasteiger partial charge in [0, 0.05) is 13.1 Å². The van der Waals surface area contributed by atoms with Crippen molar-refractivity contribution in [3.8, 4) is 16.9 Å². The molecule has 0 saturated carbocycles. The number of hydrogen-bond acceptors (Lipinski definition) is 2. The number of benzene rings is 2. The fourth-order valence-electron chi connectivity index (χ4n) is 2.65. The molecule has 22 heavy (non-hydrogen) atoms. The zero-order valence-corrected chi connectivity index (χ0v) is 14.0. The van der Waals surface area contributed by atoms with Crippen molar-refractivity contribution in [2.24, 2.45) is 0 Å². The molecule has 1 aliphatic heterocycles. The molecule has 3 rings (SSSR count). The van der Waals surface area contributed by atoms with E-state index in [9.17, 15) is 0 Å². The average Bonchev–Trinajstić information content (AvgIpc) is 2.60. The minimum atomic E-state index is 0.369. The summed E-state index contributed by atoms with van der Waals surface area (Å²) in [6, 6.07) is 18.9. The highest BCUT2D eigenvalue weighted by atomic mass is 16.5. The highest BCUT2D eigenvalue weighted by Crippen LogP contribution is 2.24. The lowest BCUT2D eigenvalue weighted by molar-refractivity contribution is 0.114. The Hall–Kier alpha value is -1.80. The van der Waals surface area contributed by atoms with Crippen molar-refractivity contribution in [2.75, 3.05) is 20.1 Å². The van der Waals surface area contributed by atoms with Crippen LogP contribution in [0.3, 0.4) is 0 Å². The maximum atomic E-state index is 6.07. The first kappa shape index (κ1) is 16.6. The topological polar surface area (TPSA) is 12.5 Å². The second kappa shape index (κ2) is 8.60. The van der Waals surface area contributed by atoms with Crippen LogP contribution in [0.25, 0.3) is 11.1 Å². The maximum Gasteiger partial charge on any atom is 0.119 e. The van der Waals surface area contributed by atoms with Crippen molar-refractivity contribution in [1.29, 1.82) is 0 Å². The van der Waals surface area contributed by atoms with Gasteiger partial charge in [0.2, 0.25) is 0 Å². The molecular formula is C20H27NO. The van der Waals surface area contributed by atoms with E-state index in [-0.39, 0.29) is 0 Å². The number of ether oxygens (including phenoxy) is 1. The molecule has 2 heteroatoms. The Morgan fingerprint density at radius 3 is 1.95 bits per heavy atom. The highest BCUT2D eigenvalue weighted by Gasteiger charge is 2.17. The summed E-state index contributed by atoms with van der Waals surface area (Å²) in [4.78, 5) is 2.36. The summed E-state index contributed by atoms with van der Waals surface area (Å²) < 4.78 is 6.07. The van der Waals surface area contributed by atoms with Crippen molar-refractivity contribution in [2.45, 2.75) is 32.8 Å². The van der Waals surface area contributed by atoms with Crippen molar-refractivity contribution < 1.29 is 4.74 Å². The second-order valence-electron chi connectivity index (χ2n) is 5.51. The molecule has 0 aromatic heterocycles. The Morgan fingerprint density at radius 2 is 1.36 bits per heavy atom. The lowest BCUT2D eigenvalue weighted by Crippen LogP contribution is -2.35. The van der Waals surface area contributed by atoms with E-state index in [0.717, 1.165) is 31.7 Å². The molecule has 1 saturated heterocycles. The zero-order chi connectivity index (χ0) is 15.8. The predicted molar refractivity (Wildman–Crippen MR) is 94.4 cm³/mol. The van der Waals surface area contributed by atoms with Gasteiger partial charge in [-0.3, -0.25) is 0 Å². The van der Waals surface area contributed by atoms with Crippen LogP contribution in [0.5, 0.6) is 5.75 Å². The van der Waals surface area contributed by atoms with Crippen LogP contribution in [0.4, 0.5) is 0 Å². The summed E-state index contributed by atoms with van der Waals surface area (Å²) in [5.41, 5.74) is 2.49. The van der Waals surface area contributed by atoms with Crippen LogP contribution in [0.1, 0.15) is 26.7 Å². The van der Waals surface area contributed by atoms with Crippen molar-refractivity contribution in [3.63, 3.8) is 0 Å². The van der Waals surface area contributed by atoms with E-state index in [2.05, 4.69) is 60.5 Å². The molecule has 0 unspecified atom stereocenters. The first-order chi connectivity index (χ1) is 10.8. The van der Waals surface area contributed by atoms with Crippen molar-refractivity contribution in [3.05, 3.63) is 54.6 Å². The Kier molecular flexibility index (Phi) is 6.47. The molecule has 0 amide bonds. The maximum absolute atomic E-state index is 6.07. The predicted octanol–water partition coefficient (Wildman–Crippen LogP) is 4.85. The molecule has 2 aromatic rings. The third kappa shape index (κ3) is 4.60. The first-order valence-electron chi connectivity index (χ1n) is 8.32. The lowest BCUT2D eigenvalue weighted by Gasteiger charge is -2.29. The summed E-state index contributed by atoms with van der Waals surface area (Å²) >= 11 is 0. The number of likely N-dealkylation sites (tertiary alicyclic amines) is 1. The van der Waals surface area contributed by atoms with Gasteiger partial charge in [-0.05, 0) is 43.1 Å². The molecule has 1 aliphatic rings. The highest BCUT2D eigenvalue weighted by molar-refractivity contribution is 5.63. The molecule has 0 N–H and O–H groups in total. The van der Waals surface area contributed by atoms with Gasteiger partial charge in [-0.25, -0.2) is 0 Å². The summed E-state index contributed by atoms with van der Waals surface area (Å²) in [6.45, 7) is 6.26. The molecule has 2 nitrogen and oxygen atoms in total. The molecule has 1 heterocycles. The van der Waals surface area contributed by atoms with E-state index in [1.165, 1.54) is 11.1 Å². The summed E-state index contributed by atoms with van der Waals surface area (Å²) in [5, 5.41) is 0. The van der Waals surface area contributed by atoms with Gasteiger partial charge in [0.05, 0.1) is 0 Å². The molecule has 0 spiro atoms. The standard InChI is InChI=1S/C18H21NO.C2H6/c1-19-13-11-18(12-14-19)20-17-9-7-16(8-10-17)15-5-3-2-4-6-15;1-2/h2-10,18H,11-14H2,1H3;1-2H3. The van der Waals surface area contributed by atoms with Crippen LogP contribution in [-0.4, -0.2) is 31.1 Å². The zero-order valence-electron chi connectivity index (χ0n) is 14.0. The van der Waals surface area contributed by atoms with Gasteiger partial charge in [-0.1, -0.05) is 56.3 Å². The van der Waals surface area contributed by atoms with Crippen LogP contribution >= 0.6 is 0 Å². The van der Waals surface area contributed by atoms with Gasteiger partial charge >= 0.3 is 0 Å². The fourth-order valence-corrected chi connectivity index (χ4v) is 2.65. The summed E-state index contributed by atoms with van der Waals surface area (Å²) in [5.74, 6) is 0.985. The third-order valence-corrected chi connectivity index (χ3v) is 3.93. The van der Waals surface area contributed by atoms with Crippen LogP contribution in [0.2, 0.25) is 0 Å². The lowest BCUT2D eigenvalue weighted by atomic mass is 10.1.